The number of hydrogen-bond donors (Lipinski definition) is 0. The maximum Gasteiger partial charge on any atom is 0.257 e. The van der Waals surface area contributed by atoms with Crippen LogP contribution in [0.3, 0.4) is 0 Å². The maximum absolute atomic E-state index is 13.4. The number of carbonyl (C=O) groups is 1. The summed E-state index contributed by atoms with van der Waals surface area (Å²) in [7, 11) is -3.83. The monoisotopic (exact) mass is 497 g/mol. The molecule has 34 heavy (non-hydrogen) atoms. The number of halogens is 1. The third kappa shape index (κ3) is 4.44. The van der Waals surface area contributed by atoms with Crippen LogP contribution in [0.2, 0.25) is 5.02 Å². The van der Waals surface area contributed by atoms with E-state index in [1.54, 1.807) is 40.0 Å². The van der Waals surface area contributed by atoms with Gasteiger partial charge < -0.3 is 4.90 Å². The second-order valence-corrected chi connectivity index (χ2v) is 10.6. The van der Waals surface area contributed by atoms with Gasteiger partial charge in [-0.1, -0.05) is 43.6 Å². The molecule has 0 unspecified atom stereocenters. The second-order valence-electron chi connectivity index (χ2n) is 8.29. The Balaban J connectivity index is 1.55. The van der Waals surface area contributed by atoms with Gasteiger partial charge in [0.05, 0.1) is 33.6 Å². The fraction of sp³-hybridized carbons (Fsp3) is 0.292. The van der Waals surface area contributed by atoms with Crippen molar-refractivity contribution in [3.05, 3.63) is 76.6 Å². The molecule has 8 nitrogen and oxygen atoms in total. The number of rotatable bonds is 5. The van der Waals surface area contributed by atoms with Gasteiger partial charge in [0.15, 0.2) is 0 Å². The Morgan fingerprint density at radius 2 is 1.79 bits per heavy atom. The van der Waals surface area contributed by atoms with E-state index < -0.39 is 10.0 Å². The molecule has 0 N–H and O–H groups in total. The highest BCUT2D eigenvalue weighted by Gasteiger charge is 2.33. The van der Waals surface area contributed by atoms with E-state index in [0.717, 1.165) is 11.4 Å². The van der Waals surface area contributed by atoms with Gasteiger partial charge in [0.25, 0.3) is 5.91 Å². The summed E-state index contributed by atoms with van der Waals surface area (Å²) >= 11 is 6.14. The first kappa shape index (κ1) is 24.0. The fourth-order valence-corrected chi connectivity index (χ4v) is 5.87. The lowest BCUT2D eigenvalue weighted by Crippen LogP contribution is -2.50. The van der Waals surface area contributed by atoms with Gasteiger partial charge in [0, 0.05) is 31.2 Å². The van der Waals surface area contributed by atoms with Gasteiger partial charge in [-0.2, -0.15) is 14.7 Å². The molecule has 0 atom stereocenters. The molecule has 1 fully saturated rings. The molecule has 4 rings (SSSR count). The summed E-state index contributed by atoms with van der Waals surface area (Å²) < 4.78 is 29.2. The van der Waals surface area contributed by atoms with Crippen molar-refractivity contribution in [3.63, 3.8) is 0 Å². The molecule has 0 radical (unpaired) electrons. The highest BCUT2D eigenvalue weighted by molar-refractivity contribution is 7.89. The Bertz CT molecular complexity index is 1370. The third-order valence-electron chi connectivity index (χ3n) is 5.79. The predicted molar refractivity (Wildman–Crippen MR) is 128 cm³/mol. The molecule has 3 aromatic rings. The molecular formula is C24H24ClN5O3S. The lowest BCUT2D eigenvalue weighted by atomic mass is 10.0. The average Bonchev–Trinajstić information content (AvgIpc) is 3.29. The molecule has 1 aromatic heterocycles. The molecule has 10 heteroatoms. The summed E-state index contributed by atoms with van der Waals surface area (Å²) in [6, 6.07) is 15.4. The highest BCUT2D eigenvalue weighted by atomic mass is 35.5. The zero-order valence-electron chi connectivity index (χ0n) is 18.8. The Morgan fingerprint density at radius 1 is 1.09 bits per heavy atom. The van der Waals surface area contributed by atoms with Crippen LogP contribution < -0.4 is 0 Å². The Hall–Kier alpha value is -3.19. The fourth-order valence-electron chi connectivity index (χ4n) is 4.12. The van der Waals surface area contributed by atoms with Gasteiger partial charge in [-0.25, -0.2) is 13.1 Å². The third-order valence-corrected chi connectivity index (χ3v) is 7.98. The summed E-state index contributed by atoms with van der Waals surface area (Å²) in [4.78, 5) is 15.0. The van der Waals surface area contributed by atoms with Gasteiger partial charge in [-0.15, -0.1) is 0 Å². The Kier molecular flexibility index (Phi) is 6.75. The number of nitrogens with zero attached hydrogens (tertiary/aromatic N) is 5. The minimum absolute atomic E-state index is 0.0119. The average molecular weight is 498 g/mol. The van der Waals surface area contributed by atoms with Gasteiger partial charge >= 0.3 is 0 Å². The summed E-state index contributed by atoms with van der Waals surface area (Å²) in [5.74, 6) is -0.170. The summed E-state index contributed by atoms with van der Waals surface area (Å²) in [5.41, 5.74) is 2.13. The van der Waals surface area contributed by atoms with Gasteiger partial charge in [0.1, 0.15) is 6.07 Å². The first-order valence-electron chi connectivity index (χ1n) is 10.9. The molecule has 1 amide bonds. The summed E-state index contributed by atoms with van der Waals surface area (Å²) in [6.07, 6.45) is 1.56. The van der Waals surface area contributed by atoms with E-state index >= 15 is 0 Å². The number of hydrogen-bond acceptors (Lipinski definition) is 5. The number of benzene rings is 2. The van der Waals surface area contributed by atoms with Crippen LogP contribution in [0.1, 0.15) is 41.4 Å². The van der Waals surface area contributed by atoms with Crippen LogP contribution in [-0.4, -0.2) is 59.5 Å². The molecule has 0 aliphatic carbocycles. The van der Waals surface area contributed by atoms with Crippen LogP contribution in [-0.2, 0) is 10.0 Å². The maximum atomic E-state index is 13.4. The Labute approximate surface area is 204 Å². The van der Waals surface area contributed by atoms with Crippen LogP contribution in [0, 0.1) is 11.3 Å². The molecule has 0 bridgehead atoms. The number of sulfonamides is 1. The van der Waals surface area contributed by atoms with Crippen molar-refractivity contribution < 1.29 is 13.2 Å². The summed E-state index contributed by atoms with van der Waals surface area (Å²) in [5, 5.41) is 14.3. The zero-order valence-corrected chi connectivity index (χ0v) is 20.4. The van der Waals surface area contributed by atoms with Crippen molar-refractivity contribution in [1.82, 2.24) is 19.0 Å². The molecule has 1 saturated heterocycles. The molecular weight excluding hydrogens is 474 g/mol. The lowest BCUT2D eigenvalue weighted by Gasteiger charge is -2.34. The van der Waals surface area contributed by atoms with Crippen molar-refractivity contribution >= 4 is 27.5 Å². The number of aromatic nitrogens is 2. The van der Waals surface area contributed by atoms with Crippen LogP contribution in [0.5, 0.6) is 0 Å². The quantitative estimate of drug-likeness (QED) is 0.535. The molecule has 1 aliphatic heterocycles. The largest absolute Gasteiger partial charge is 0.336 e. The standard InChI is InChI=1S/C24H24ClN5O3S/c1-17(2)23-21(16-27-30(23)20-8-5-7-19(25)14-20)24(31)28-10-12-29(13-11-28)34(32,33)22-9-4-3-6-18(22)15-26/h3-9,14,16-17H,10-13H2,1-2H3. The van der Waals surface area contributed by atoms with Crippen molar-refractivity contribution in [1.29, 1.82) is 5.26 Å². The van der Waals surface area contributed by atoms with Crippen LogP contribution >= 0.6 is 11.6 Å². The summed E-state index contributed by atoms with van der Waals surface area (Å²) in [6.45, 7) is 4.76. The lowest BCUT2D eigenvalue weighted by molar-refractivity contribution is 0.0696. The smallest absolute Gasteiger partial charge is 0.257 e. The predicted octanol–water partition coefficient (Wildman–Crippen LogP) is 3.67. The van der Waals surface area contributed by atoms with E-state index in [1.807, 2.05) is 32.0 Å². The van der Waals surface area contributed by atoms with Crippen molar-refractivity contribution in [2.75, 3.05) is 26.2 Å². The highest BCUT2D eigenvalue weighted by Crippen LogP contribution is 2.27. The number of amides is 1. The van der Waals surface area contributed by atoms with E-state index in [-0.39, 0.29) is 48.5 Å². The van der Waals surface area contributed by atoms with Crippen molar-refractivity contribution in [2.45, 2.75) is 24.7 Å². The van der Waals surface area contributed by atoms with Crippen LogP contribution in [0.15, 0.2) is 59.6 Å². The van der Waals surface area contributed by atoms with E-state index in [1.165, 1.54) is 16.4 Å². The molecule has 176 valence electrons. The minimum atomic E-state index is -3.83. The van der Waals surface area contributed by atoms with Gasteiger partial charge in [0.2, 0.25) is 10.0 Å². The first-order valence-corrected chi connectivity index (χ1v) is 12.7. The number of carbonyl (C=O) groups excluding carboxylic acids is 1. The topological polar surface area (TPSA) is 99.3 Å². The number of nitriles is 1. The van der Waals surface area contributed by atoms with E-state index in [4.69, 9.17) is 11.6 Å². The normalized spacial score (nSPS) is 14.9. The number of piperazine rings is 1. The molecule has 2 heterocycles. The first-order chi connectivity index (χ1) is 16.2. The molecule has 0 saturated carbocycles. The minimum Gasteiger partial charge on any atom is -0.336 e. The zero-order chi connectivity index (χ0) is 24.5. The van der Waals surface area contributed by atoms with Gasteiger partial charge in [-0.3, -0.25) is 4.79 Å². The Morgan fingerprint density at radius 3 is 2.44 bits per heavy atom. The molecule has 1 aliphatic rings. The SMILES string of the molecule is CC(C)c1c(C(=O)N2CCN(S(=O)(=O)c3ccccc3C#N)CC2)cnn1-c1cccc(Cl)c1. The van der Waals surface area contributed by atoms with E-state index in [2.05, 4.69) is 5.10 Å². The molecule has 2 aromatic carbocycles. The van der Waals surface area contributed by atoms with Crippen LogP contribution in [0.4, 0.5) is 0 Å². The van der Waals surface area contributed by atoms with Crippen LogP contribution in [0.25, 0.3) is 5.69 Å². The van der Waals surface area contributed by atoms with Crippen molar-refractivity contribution in [3.8, 4) is 11.8 Å². The van der Waals surface area contributed by atoms with Gasteiger partial charge in [-0.05, 0) is 36.2 Å². The van der Waals surface area contributed by atoms with E-state index in [9.17, 15) is 18.5 Å². The van der Waals surface area contributed by atoms with Crippen molar-refractivity contribution in [2.24, 2.45) is 0 Å². The molecule has 0 spiro atoms. The second kappa shape index (κ2) is 9.58. The van der Waals surface area contributed by atoms with E-state index in [0.29, 0.717) is 10.6 Å².